The van der Waals surface area contributed by atoms with Crippen LogP contribution in [-0.2, 0) is 11.3 Å². The first-order valence-electron chi connectivity index (χ1n) is 5.80. The zero-order valence-corrected chi connectivity index (χ0v) is 10.4. The average Bonchev–Trinajstić information content (AvgIpc) is 2.36. The van der Waals surface area contributed by atoms with Crippen LogP contribution in [0.15, 0.2) is 18.3 Å². The van der Waals surface area contributed by atoms with Crippen molar-refractivity contribution < 1.29 is 4.79 Å². The molecule has 1 amide bonds. The third-order valence-electron chi connectivity index (χ3n) is 2.39. The van der Waals surface area contributed by atoms with Gasteiger partial charge in [0.05, 0.1) is 6.54 Å². The van der Waals surface area contributed by atoms with Gasteiger partial charge in [0.1, 0.15) is 5.82 Å². The topological polar surface area (TPSA) is 71.2 Å². The zero-order chi connectivity index (χ0) is 12.7. The molecule has 5 heteroatoms. The third kappa shape index (κ3) is 4.40. The first-order chi connectivity index (χ1) is 8.17. The van der Waals surface area contributed by atoms with Crippen molar-refractivity contribution in [1.82, 2.24) is 10.3 Å². The van der Waals surface area contributed by atoms with Gasteiger partial charge in [0.25, 0.3) is 0 Å². The van der Waals surface area contributed by atoms with E-state index < -0.39 is 0 Å². The summed E-state index contributed by atoms with van der Waals surface area (Å²) in [5.74, 6) is 0.785. The van der Waals surface area contributed by atoms with Crippen molar-refractivity contribution in [2.24, 2.45) is 5.73 Å². The molecule has 0 saturated carbocycles. The van der Waals surface area contributed by atoms with Gasteiger partial charge in [-0.25, -0.2) is 4.98 Å². The number of hydrogen-bond donors (Lipinski definition) is 2. The molecular formula is C12H20N4O. The van der Waals surface area contributed by atoms with E-state index in [1.165, 1.54) is 0 Å². The van der Waals surface area contributed by atoms with Gasteiger partial charge in [0.2, 0.25) is 5.91 Å². The number of likely N-dealkylation sites (N-methyl/N-ethyl adjacent to an activating group) is 1. The Morgan fingerprint density at radius 2 is 2.29 bits per heavy atom. The Labute approximate surface area is 102 Å². The quantitative estimate of drug-likeness (QED) is 0.754. The number of amides is 1. The van der Waals surface area contributed by atoms with Gasteiger partial charge in [0, 0.05) is 26.3 Å². The minimum absolute atomic E-state index is 0.0130. The molecule has 0 aliphatic rings. The molecule has 5 nitrogen and oxygen atoms in total. The summed E-state index contributed by atoms with van der Waals surface area (Å²) >= 11 is 0. The minimum Gasteiger partial charge on any atom is -0.355 e. The second-order valence-electron chi connectivity index (χ2n) is 3.93. The number of nitrogens with zero attached hydrogens (tertiary/aromatic N) is 2. The Balaban J connectivity index is 2.51. The molecule has 1 aromatic heterocycles. The van der Waals surface area contributed by atoms with Crippen molar-refractivity contribution in [3.05, 3.63) is 23.9 Å². The SMILES string of the molecule is CCCNC(=O)CN(C)c1ccc(CN)cn1. The molecule has 3 N–H and O–H groups in total. The van der Waals surface area contributed by atoms with Crippen molar-refractivity contribution in [3.63, 3.8) is 0 Å². The highest BCUT2D eigenvalue weighted by molar-refractivity contribution is 5.80. The molecule has 0 unspecified atom stereocenters. The number of pyridine rings is 1. The van der Waals surface area contributed by atoms with E-state index in [4.69, 9.17) is 5.73 Å². The molecular weight excluding hydrogens is 216 g/mol. The molecule has 0 aliphatic heterocycles. The van der Waals surface area contributed by atoms with Crippen molar-refractivity contribution >= 4 is 11.7 Å². The molecule has 0 radical (unpaired) electrons. The van der Waals surface area contributed by atoms with Crippen LogP contribution in [0.4, 0.5) is 5.82 Å². The first-order valence-corrected chi connectivity index (χ1v) is 5.80. The lowest BCUT2D eigenvalue weighted by Crippen LogP contribution is -2.35. The van der Waals surface area contributed by atoms with Crippen LogP contribution in [0.2, 0.25) is 0 Å². The van der Waals surface area contributed by atoms with Gasteiger partial charge in [0.15, 0.2) is 0 Å². The fourth-order valence-electron chi connectivity index (χ4n) is 1.38. The highest BCUT2D eigenvalue weighted by atomic mass is 16.2. The van der Waals surface area contributed by atoms with Gasteiger partial charge >= 0.3 is 0 Å². The van der Waals surface area contributed by atoms with Crippen LogP contribution >= 0.6 is 0 Å². The van der Waals surface area contributed by atoms with E-state index in [1.54, 1.807) is 6.20 Å². The van der Waals surface area contributed by atoms with Gasteiger partial charge in [-0.1, -0.05) is 13.0 Å². The summed E-state index contributed by atoms with van der Waals surface area (Å²) in [6.45, 7) is 3.53. The lowest BCUT2D eigenvalue weighted by atomic mass is 10.3. The summed E-state index contributed by atoms with van der Waals surface area (Å²) in [5, 5.41) is 2.83. The monoisotopic (exact) mass is 236 g/mol. The average molecular weight is 236 g/mol. The first kappa shape index (κ1) is 13.4. The maximum Gasteiger partial charge on any atom is 0.239 e. The highest BCUT2D eigenvalue weighted by Crippen LogP contribution is 2.08. The molecule has 0 atom stereocenters. The smallest absolute Gasteiger partial charge is 0.239 e. The maximum absolute atomic E-state index is 11.5. The fraction of sp³-hybridized carbons (Fsp3) is 0.500. The van der Waals surface area contributed by atoms with Crippen LogP contribution in [-0.4, -0.2) is 31.0 Å². The summed E-state index contributed by atoms with van der Waals surface area (Å²) < 4.78 is 0. The molecule has 0 saturated heterocycles. The standard InChI is InChI=1S/C12H20N4O/c1-3-6-14-12(17)9-16(2)11-5-4-10(7-13)8-15-11/h4-5,8H,3,6-7,9,13H2,1-2H3,(H,14,17). The van der Waals surface area contributed by atoms with E-state index >= 15 is 0 Å². The normalized spacial score (nSPS) is 10.1. The minimum atomic E-state index is 0.0130. The van der Waals surface area contributed by atoms with E-state index in [1.807, 2.05) is 31.0 Å². The number of anilines is 1. The van der Waals surface area contributed by atoms with Crippen LogP contribution < -0.4 is 16.0 Å². The summed E-state index contributed by atoms with van der Waals surface area (Å²) in [7, 11) is 1.84. The van der Waals surface area contributed by atoms with Gasteiger partial charge < -0.3 is 16.0 Å². The molecule has 17 heavy (non-hydrogen) atoms. The van der Waals surface area contributed by atoms with Crippen LogP contribution in [0, 0.1) is 0 Å². The molecule has 94 valence electrons. The molecule has 0 spiro atoms. The lowest BCUT2D eigenvalue weighted by Gasteiger charge is -2.17. The third-order valence-corrected chi connectivity index (χ3v) is 2.39. The van der Waals surface area contributed by atoms with E-state index in [9.17, 15) is 4.79 Å². The highest BCUT2D eigenvalue weighted by Gasteiger charge is 2.07. The fourth-order valence-corrected chi connectivity index (χ4v) is 1.38. The number of aromatic nitrogens is 1. The predicted molar refractivity (Wildman–Crippen MR) is 68.7 cm³/mol. The van der Waals surface area contributed by atoms with E-state index in [0.29, 0.717) is 19.6 Å². The molecule has 0 aromatic carbocycles. The maximum atomic E-state index is 11.5. The summed E-state index contributed by atoms with van der Waals surface area (Å²) in [6, 6.07) is 3.79. The van der Waals surface area contributed by atoms with Crippen molar-refractivity contribution in [1.29, 1.82) is 0 Å². The Hall–Kier alpha value is -1.62. The van der Waals surface area contributed by atoms with Gasteiger partial charge in [-0.05, 0) is 18.1 Å². The number of hydrogen-bond acceptors (Lipinski definition) is 4. The van der Waals surface area contributed by atoms with Crippen molar-refractivity contribution in [2.45, 2.75) is 19.9 Å². The Morgan fingerprint density at radius 1 is 1.53 bits per heavy atom. The number of nitrogens with two attached hydrogens (primary N) is 1. The number of carbonyl (C=O) groups excluding carboxylic acids is 1. The van der Waals surface area contributed by atoms with Crippen LogP contribution in [0.5, 0.6) is 0 Å². The molecule has 0 bridgehead atoms. The zero-order valence-electron chi connectivity index (χ0n) is 10.4. The predicted octanol–water partition coefficient (Wildman–Crippen LogP) is 0.503. The van der Waals surface area contributed by atoms with E-state index in [0.717, 1.165) is 17.8 Å². The molecule has 1 rings (SSSR count). The van der Waals surface area contributed by atoms with Crippen molar-refractivity contribution in [3.8, 4) is 0 Å². The van der Waals surface area contributed by atoms with Gasteiger partial charge in [-0.3, -0.25) is 4.79 Å². The van der Waals surface area contributed by atoms with E-state index in [-0.39, 0.29) is 5.91 Å². The van der Waals surface area contributed by atoms with E-state index in [2.05, 4.69) is 10.3 Å². The summed E-state index contributed by atoms with van der Waals surface area (Å²) in [5.41, 5.74) is 6.48. The molecule has 1 heterocycles. The van der Waals surface area contributed by atoms with Crippen LogP contribution in [0.3, 0.4) is 0 Å². The summed E-state index contributed by atoms with van der Waals surface area (Å²) in [4.78, 5) is 17.6. The number of nitrogens with one attached hydrogen (secondary N) is 1. The number of rotatable bonds is 6. The second-order valence-corrected chi connectivity index (χ2v) is 3.93. The number of carbonyl (C=O) groups is 1. The Kier molecular flexibility index (Phi) is 5.42. The Morgan fingerprint density at radius 3 is 2.82 bits per heavy atom. The molecule has 0 fully saturated rings. The largest absolute Gasteiger partial charge is 0.355 e. The summed E-state index contributed by atoms with van der Waals surface area (Å²) in [6.07, 6.45) is 2.68. The Bertz CT molecular complexity index is 350. The van der Waals surface area contributed by atoms with Gasteiger partial charge in [-0.2, -0.15) is 0 Å². The lowest BCUT2D eigenvalue weighted by molar-refractivity contribution is -0.119. The van der Waals surface area contributed by atoms with Crippen LogP contribution in [0.1, 0.15) is 18.9 Å². The molecule has 0 aliphatic carbocycles. The second kappa shape index (κ2) is 6.85. The van der Waals surface area contributed by atoms with Crippen LogP contribution in [0.25, 0.3) is 0 Å². The van der Waals surface area contributed by atoms with Gasteiger partial charge in [-0.15, -0.1) is 0 Å². The molecule has 1 aromatic rings. The van der Waals surface area contributed by atoms with Crippen molar-refractivity contribution in [2.75, 3.05) is 25.0 Å².